The fourth-order valence-electron chi connectivity index (χ4n) is 8.91. The van der Waals surface area contributed by atoms with Crippen LogP contribution in [0.4, 0.5) is 40.9 Å². The first-order valence-corrected chi connectivity index (χ1v) is 22.7. The third-order valence-corrected chi connectivity index (χ3v) is 14.2. The summed E-state index contributed by atoms with van der Waals surface area (Å²) in [4.78, 5) is 34.2. The van der Waals surface area contributed by atoms with Crippen LogP contribution in [0.2, 0.25) is 5.02 Å². The number of benzene rings is 3. The summed E-state index contributed by atoms with van der Waals surface area (Å²) < 4.78 is 154. The van der Waals surface area contributed by atoms with E-state index in [9.17, 15) is 39.6 Å². The van der Waals surface area contributed by atoms with E-state index in [-0.39, 0.29) is 61.6 Å². The van der Waals surface area contributed by atoms with Gasteiger partial charge in [-0.25, -0.2) is 39.7 Å². The molecule has 0 aliphatic heterocycles. The van der Waals surface area contributed by atoms with Crippen LogP contribution in [-0.2, 0) is 40.3 Å². The molecule has 2 fully saturated rings. The van der Waals surface area contributed by atoms with Crippen molar-refractivity contribution in [1.29, 1.82) is 0 Å². The van der Waals surface area contributed by atoms with Crippen LogP contribution in [0.25, 0.3) is 38.8 Å². The van der Waals surface area contributed by atoms with E-state index < -0.39 is 118 Å². The van der Waals surface area contributed by atoms with Gasteiger partial charge in [0.25, 0.3) is 24.3 Å². The molecule has 0 saturated heterocycles. The number of halogens is 9. The zero-order valence-corrected chi connectivity index (χ0v) is 36.5. The number of sulfonamides is 1. The summed E-state index contributed by atoms with van der Waals surface area (Å²) in [6.45, 7) is -2.23. The molecule has 3 aliphatic carbocycles. The third kappa shape index (κ3) is 7.95. The van der Waals surface area contributed by atoms with Crippen molar-refractivity contribution in [3.8, 4) is 22.8 Å². The number of hydrogen-bond acceptors (Lipinski definition) is 10. The lowest BCUT2D eigenvalue weighted by Gasteiger charge is -2.24. The number of anilines is 1. The molecule has 10 rings (SSSR count). The van der Waals surface area contributed by atoms with Crippen LogP contribution in [0, 0.1) is 17.6 Å². The number of hydrogen-bond donors (Lipinski definition) is 2. The number of alkyl halides is 6. The summed E-state index contributed by atoms with van der Waals surface area (Å²) in [6, 6.07) is 10.5. The highest BCUT2D eigenvalue weighted by molar-refractivity contribution is 7.93. The second-order valence-corrected chi connectivity index (χ2v) is 19.0. The molecule has 25 heteroatoms. The topological polar surface area (TPSA) is 181 Å². The van der Waals surface area contributed by atoms with E-state index in [1.807, 2.05) is 0 Å². The number of aromatic nitrogens is 8. The Morgan fingerprint density at radius 2 is 1.72 bits per heavy atom. The van der Waals surface area contributed by atoms with Gasteiger partial charge < -0.3 is 10.1 Å². The zero-order valence-electron chi connectivity index (χ0n) is 34.9. The van der Waals surface area contributed by atoms with E-state index in [1.54, 1.807) is 6.07 Å². The van der Waals surface area contributed by atoms with Crippen molar-refractivity contribution in [2.24, 2.45) is 5.92 Å². The van der Waals surface area contributed by atoms with Crippen molar-refractivity contribution < 1.29 is 53.1 Å². The van der Waals surface area contributed by atoms with Gasteiger partial charge in [0.05, 0.1) is 56.6 Å². The Bertz CT molecular complexity index is 3360. The number of ether oxygens (including phenoxy) is 1. The first kappa shape index (κ1) is 45.1. The monoisotopic (exact) mass is 988 g/mol. The van der Waals surface area contributed by atoms with Crippen molar-refractivity contribution in [1.82, 2.24) is 44.6 Å². The minimum atomic E-state index is -4.10. The van der Waals surface area contributed by atoms with Crippen molar-refractivity contribution in [2.75, 3.05) is 11.8 Å². The summed E-state index contributed by atoms with van der Waals surface area (Å²) in [5, 5.41) is 17.3. The lowest BCUT2D eigenvalue weighted by atomic mass is 10.0. The molecule has 0 spiro atoms. The van der Waals surface area contributed by atoms with Crippen LogP contribution < -0.4 is 20.3 Å². The van der Waals surface area contributed by atoms with Gasteiger partial charge >= 0.3 is 0 Å². The molecule has 68 heavy (non-hydrogen) atoms. The molecule has 0 bridgehead atoms. The second-order valence-electron chi connectivity index (χ2n) is 16.6. The highest BCUT2D eigenvalue weighted by Gasteiger charge is 2.67. The zero-order chi connectivity index (χ0) is 48.1. The van der Waals surface area contributed by atoms with Gasteiger partial charge in [-0.3, -0.25) is 28.2 Å². The van der Waals surface area contributed by atoms with E-state index in [0.29, 0.717) is 29.2 Å². The largest absolute Gasteiger partial charge is 0.480 e. The standard InChI is InChI=1S/C43H33ClF8N10O5S/c1-67-33-9-7-27(55-56-33)19-2-5-23-28(13-19)54-41(62(42(23)64)30-8-6-26(44)35-37(30)60(16-31(47)48)58-40(35)59-68(65,66)22-3-4-22)29(12-18-10-20(45)14-21(46)11-18)53-32(63)17-61-38-34(36(57-61)39(49)50)24-15-25(24)43(38,51)52/h2,5-11,13-14,22,24-25,29,31,39H,3-4,12,15-17H2,1H3,(H,53,63)(H,58,59)/t24-,25+,29-/m0/s1. The first-order valence-electron chi connectivity index (χ1n) is 20.8. The predicted octanol–water partition coefficient (Wildman–Crippen LogP) is 7.75. The molecular formula is C43H33ClF8N10O5S. The maximum atomic E-state index is 15.6. The van der Waals surface area contributed by atoms with Crippen molar-refractivity contribution in [3.05, 3.63) is 116 Å². The van der Waals surface area contributed by atoms with Gasteiger partial charge in [-0.2, -0.15) is 19.0 Å². The number of fused-ring (bicyclic) bond motifs is 5. The maximum Gasteiger partial charge on any atom is 0.293 e. The van der Waals surface area contributed by atoms with Gasteiger partial charge in [-0.1, -0.05) is 17.7 Å². The summed E-state index contributed by atoms with van der Waals surface area (Å²) in [6.07, 6.45) is -6.38. The molecule has 3 aromatic carbocycles. The average molecular weight is 989 g/mol. The Morgan fingerprint density at radius 1 is 0.971 bits per heavy atom. The minimum Gasteiger partial charge on any atom is -0.480 e. The van der Waals surface area contributed by atoms with Crippen LogP contribution >= 0.6 is 11.6 Å². The molecule has 4 aromatic heterocycles. The lowest BCUT2D eigenvalue weighted by molar-refractivity contribution is -0.123. The Labute approximate surface area is 383 Å². The van der Waals surface area contributed by atoms with E-state index in [4.69, 9.17) is 21.3 Å². The Kier molecular flexibility index (Phi) is 11.0. The Hall–Kier alpha value is -6.69. The molecule has 4 heterocycles. The smallest absolute Gasteiger partial charge is 0.293 e. The second kappa shape index (κ2) is 16.5. The van der Waals surface area contributed by atoms with Gasteiger partial charge in [-0.05, 0) is 73.2 Å². The number of amides is 1. The summed E-state index contributed by atoms with van der Waals surface area (Å²) >= 11 is 6.67. The van der Waals surface area contributed by atoms with E-state index in [0.717, 1.165) is 21.4 Å². The number of methoxy groups -OCH3 is 1. The van der Waals surface area contributed by atoms with Crippen molar-refractivity contribution >= 4 is 55.2 Å². The highest BCUT2D eigenvalue weighted by Crippen LogP contribution is 2.68. The van der Waals surface area contributed by atoms with Gasteiger partial charge in [0.2, 0.25) is 21.8 Å². The molecule has 7 aromatic rings. The number of rotatable bonds is 15. The lowest BCUT2D eigenvalue weighted by Crippen LogP contribution is -2.38. The molecule has 0 unspecified atom stereocenters. The fraction of sp³-hybridized carbons (Fsp3) is 0.326. The molecule has 1 amide bonds. The number of nitrogens with zero attached hydrogens (tertiary/aromatic N) is 8. The predicted molar refractivity (Wildman–Crippen MR) is 228 cm³/mol. The summed E-state index contributed by atoms with van der Waals surface area (Å²) in [5.74, 6) is -9.74. The third-order valence-electron chi connectivity index (χ3n) is 12.1. The molecule has 3 atom stereocenters. The number of carbonyl (C=O) groups is 1. The first-order chi connectivity index (χ1) is 32.3. The van der Waals surface area contributed by atoms with Gasteiger partial charge in [0, 0.05) is 35.6 Å². The average Bonchev–Trinajstić information content (AvgIpc) is 4.20. The quantitative estimate of drug-likeness (QED) is 0.0965. The molecular weight excluding hydrogens is 956 g/mol. The Balaban J connectivity index is 1.19. The van der Waals surface area contributed by atoms with E-state index in [1.165, 1.54) is 43.5 Å². The van der Waals surface area contributed by atoms with Crippen molar-refractivity contribution in [2.45, 2.75) is 74.8 Å². The van der Waals surface area contributed by atoms with E-state index in [2.05, 4.69) is 30.4 Å². The van der Waals surface area contributed by atoms with Gasteiger partial charge in [-0.15, -0.1) is 10.2 Å². The fourth-order valence-corrected chi connectivity index (χ4v) is 10.5. The normalized spacial score (nSPS) is 17.8. The molecule has 2 N–H and O–H groups in total. The molecule has 15 nitrogen and oxygen atoms in total. The van der Waals surface area contributed by atoms with Gasteiger partial charge in [0.15, 0.2) is 5.82 Å². The van der Waals surface area contributed by atoms with Crippen LogP contribution in [-0.4, -0.2) is 72.4 Å². The minimum absolute atomic E-state index is 0.0517. The molecule has 354 valence electrons. The van der Waals surface area contributed by atoms with Crippen LogP contribution in [0.5, 0.6) is 5.88 Å². The molecule has 3 aliphatic rings. The van der Waals surface area contributed by atoms with Crippen LogP contribution in [0.1, 0.15) is 66.0 Å². The van der Waals surface area contributed by atoms with E-state index >= 15 is 13.6 Å². The van der Waals surface area contributed by atoms with Gasteiger partial charge in [0.1, 0.15) is 41.9 Å². The summed E-state index contributed by atoms with van der Waals surface area (Å²) in [7, 11) is -2.72. The van der Waals surface area contributed by atoms with Crippen LogP contribution in [0.3, 0.4) is 0 Å². The Morgan fingerprint density at radius 3 is 2.38 bits per heavy atom. The highest BCUT2D eigenvalue weighted by atomic mass is 35.5. The molecule has 0 radical (unpaired) electrons. The number of nitrogens with one attached hydrogen (secondary N) is 2. The number of carbonyl (C=O) groups excluding carboxylic acids is 1. The maximum absolute atomic E-state index is 15.6. The van der Waals surface area contributed by atoms with Crippen molar-refractivity contribution in [3.63, 3.8) is 0 Å². The summed E-state index contributed by atoms with van der Waals surface area (Å²) in [5.41, 5.74) is -3.21. The molecule has 2 saturated carbocycles. The van der Waals surface area contributed by atoms with Crippen LogP contribution in [0.15, 0.2) is 65.5 Å². The SMILES string of the molecule is COc1ccc(-c2ccc3c(=O)n(-c4ccc(Cl)c5c(NS(=O)(=O)C6CC6)nn(CC(F)F)c45)c([C@H](Cc4cc(F)cc(F)c4)NC(=O)Cn4nc(C(F)F)c5c4C(F)(F)[C@@H]4C[C@H]54)nc3c2)nn1.